The van der Waals surface area contributed by atoms with Gasteiger partial charge in [0.1, 0.15) is 0 Å². The fraction of sp³-hybridized carbons (Fsp3) is 0.619. The Morgan fingerprint density at radius 2 is 1.71 bits per heavy atom. The molecule has 0 bridgehead atoms. The second kappa shape index (κ2) is 7.25. The zero-order valence-corrected chi connectivity index (χ0v) is 15.0. The first kappa shape index (κ1) is 17.4. The van der Waals surface area contributed by atoms with E-state index in [1.54, 1.807) is 6.07 Å². The van der Waals surface area contributed by atoms with Crippen molar-refractivity contribution in [1.82, 2.24) is 0 Å². The summed E-state index contributed by atoms with van der Waals surface area (Å²) in [4.78, 5) is 0. The fourth-order valence-corrected chi connectivity index (χ4v) is 4.53. The molecule has 1 unspecified atom stereocenters. The molecule has 0 radical (unpaired) electrons. The van der Waals surface area contributed by atoms with Gasteiger partial charge in [0, 0.05) is 5.56 Å². The molecule has 3 rings (SSSR count). The summed E-state index contributed by atoms with van der Waals surface area (Å²) < 4.78 is 33.5. The first-order chi connectivity index (χ1) is 11.5. The van der Waals surface area contributed by atoms with E-state index < -0.39 is 11.6 Å². The van der Waals surface area contributed by atoms with Crippen molar-refractivity contribution in [2.75, 3.05) is 7.11 Å². The minimum absolute atomic E-state index is 0.0145. The van der Waals surface area contributed by atoms with Crippen LogP contribution < -0.4 is 4.74 Å². The van der Waals surface area contributed by atoms with Gasteiger partial charge in [0.25, 0.3) is 0 Å². The molecule has 1 fully saturated rings. The minimum Gasteiger partial charge on any atom is -0.494 e. The summed E-state index contributed by atoms with van der Waals surface area (Å²) in [5, 5.41) is 0. The van der Waals surface area contributed by atoms with Crippen LogP contribution in [0.1, 0.15) is 63.0 Å². The van der Waals surface area contributed by atoms with Gasteiger partial charge in [0.2, 0.25) is 5.82 Å². The fourth-order valence-electron chi connectivity index (χ4n) is 4.53. The molecule has 1 atom stereocenters. The molecule has 1 saturated carbocycles. The molecular formula is C21H28F2O. The van der Waals surface area contributed by atoms with E-state index in [9.17, 15) is 8.78 Å². The summed E-state index contributed by atoms with van der Waals surface area (Å²) in [6.07, 6.45) is 10.4. The van der Waals surface area contributed by atoms with Crippen molar-refractivity contribution in [1.29, 1.82) is 0 Å². The van der Waals surface area contributed by atoms with Gasteiger partial charge in [0.05, 0.1) is 7.11 Å². The van der Waals surface area contributed by atoms with E-state index in [1.165, 1.54) is 32.8 Å². The van der Waals surface area contributed by atoms with Gasteiger partial charge in [-0.05, 0) is 74.0 Å². The van der Waals surface area contributed by atoms with Gasteiger partial charge >= 0.3 is 0 Å². The van der Waals surface area contributed by atoms with Gasteiger partial charge < -0.3 is 4.74 Å². The minimum atomic E-state index is -0.873. The lowest BCUT2D eigenvalue weighted by Crippen LogP contribution is -2.22. The molecule has 24 heavy (non-hydrogen) atoms. The molecule has 0 aromatic heterocycles. The average molecular weight is 334 g/mol. The SMILES string of the molecule is COc1cc(C)c(C2=CCC(C3CCC(C)CC3)CC2)c(F)c1F. The highest BCUT2D eigenvalue weighted by Crippen LogP contribution is 2.42. The van der Waals surface area contributed by atoms with Crippen LogP contribution in [0.2, 0.25) is 0 Å². The number of benzene rings is 1. The first-order valence-electron chi connectivity index (χ1n) is 9.23. The summed E-state index contributed by atoms with van der Waals surface area (Å²) in [7, 11) is 1.37. The third-order valence-electron chi connectivity index (χ3n) is 6.09. The van der Waals surface area contributed by atoms with Gasteiger partial charge in [-0.2, -0.15) is 4.39 Å². The third-order valence-corrected chi connectivity index (χ3v) is 6.09. The maximum atomic E-state index is 14.5. The number of methoxy groups -OCH3 is 1. The predicted molar refractivity (Wildman–Crippen MR) is 94.1 cm³/mol. The van der Waals surface area contributed by atoms with Crippen LogP contribution >= 0.6 is 0 Å². The Hall–Kier alpha value is -1.38. The Labute approximate surface area is 144 Å². The lowest BCUT2D eigenvalue weighted by molar-refractivity contribution is 0.202. The lowest BCUT2D eigenvalue weighted by Gasteiger charge is -2.34. The highest BCUT2D eigenvalue weighted by Gasteiger charge is 2.29. The molecule has 0 amide bonds. The lowest BCUT2D eigenvalue weighted by atomic mass is 9.71. The van der Waals surface area contributed by atoms with Gasteiger partial charge in [-0.25, -0.2) is 4.39 Å². The first-order valence-corrected chi connectivity index (χ1v) is 9.23. The van der Waals surface area contributed by atoms with E-state index in [0.29, 0.717) is 11.5 Å². The van der Waals surface area contributed by atoms with Crippen molar-refractivity contribution in [2.45, 2.75) is 58.8 Å². The molecular weight excluding hydrogens is 306 g/mol. The van der Waals surface area contributed by atoms with Crippen molar-refractivity contribution < 1.29 is 13.5 Å². The van der Waals surface area contributed by atoms with Crippen LogP contribution in [-0.2, 0) is 0 Å². The molecule has 2 aliphatic rings. The molecule has 0 saturated heterocycles. The van der Waals surface area contributed by atoms with Crippen LogP contribution in [0.5, 0.6) is 5.75 Å². The summed E-state index contributed by atoms with van der Waals surface area (Å²) in [5.41, 5.74) is 2.16. The van der Waals surface area contributed by atoms with Crippen LogP contribution in [0, 0.1) is 36.3 Å². The van der Waals surface area contributed by atoms with Gasteiger partial charge in [-0.1, -0.05) is 25.8 Å². The monoisotopic (exact) mass is 334 g/mol. The molecule has 1 aromatic carbocycles. The molecule has 1 nitrogen and oxygen atoms in total. The zero-order chi connectivity index (χ0) is 17.3. The molecule has 0 spiro atoms. The van der Waals surface area contributed by atoms with Crippen molar-refractivity contribution >= 4 is 5.57 Å². The third kappa shape index (κ3) is 3.36. The number of ether oxygens (including phenoxy) is 1. The standard InChI is InChI=1S/C21H28F2O/c1-13-4-6-15(7-5-13)16-8-10-17(11-9-16)19-14(2)12-18(24-3)20(22)21(19)23/h10,12-13,15-16H,4-9,11H2,1-3H3. The smallest absolute Gasteiger partial charge is 0.201 e. The van der Waals surface area contributed by atoms with Crippen molar-refractivity contribution in [3.63, 3.8) is 0 Å². The summed E-state index contributed by atoms with van der Waals surface area (Å²) in [6, 6.07) is 1.60. The number of rotatable bonds is 3. The largest absolute Gasteiger partial charge is 0.494 e. The number of hydrogen-bond donors (Lipinski definition) is 0. The van der Waals surface area contributed by atoms with E-state index in [-0.39, 0.29) is 5.75 Å². The Morgan fingerprint density at radius 3 is 2.29 bits per heavy atom. The van der Waals surface area contributed by atoms with E-state index in [2.05, 4.69) is 13.0 Å². The van der Waals surface area contributed by atoms with Crippen LogP contribution in [0.4, 0.5) is 8.78 Å². The Bertz CT molecular complexity index is 627. The quantitative estimate of drug-likeness (QED) is 0.631. The Balaban J connectivity index is 1.77. The topological polar surface area (TPSA) is 9.23 Å². The maximum Gasteiger partial charge on any atom is 0.201 e. The van der Waals surface area contributed by atoms with Crippen LogP contribution in [0.3, 0.4) is 0 Å². The molecule has 2 aliphatic carbocycles. The molecule has 3 heteroatoms. The molecule has 132 valence electrons. The molecule has 0 N–H and O–H groups in total. The molecule has 0 aliphatic heterocycles. The van der Waals surface area contributed by atoms with E-state index in [1.807, 2.05) is 6.92 Å². The normalized spacial score (nSPS) is 27.7. The van der Waals surface area contributed by atoms with E-state index in [4.69, 9.17) is 4.74 Å². The molecule has 1 aromatic rings. The van der Waals surface area contributed by atoms with Crippen molar-refractivity contribution in [3.05, 3.63) is 34.9 Å². The average Bonchev–Trinajstić information content (AvgIpc) is 2.59. The summed E-state index contributed by atoms with van der Waals surface area (Å²) >= 11 is 0. The summed E-state index contributed by atoms with van der Waals surface area (Å²) in [5.74, 6) is 0.755. The number of allylic oxidation sites excluding steroid dienone is 2. The van der Waals surface area contributed by atoms with Crippen LogP contribution in [0.15, 0.2) is 12.1 Å². The second-order valence-corrected chi connectivity index (χ2v) is 7.68. The van der Waals surface area contributed by atoms with Gasteiger partial charge in [-0.3, -0.25) is 0 Å². The Morgan fingerprint density at radius 1 is 1.00 bits per heavy atom. The Kier molecular flexibility index (Phi) is 5.27. The number of aryl methyl sites for hydroxylation is 1. The van der Waals surface area contributed by atoms with E-state index in [0.717, 1.165) is 42.2 Å². The zero-order valence-electron chi connectivity index (χ0n) is 15.0. The second-order valence-electron chi connectivity index (χ2n) is 7.68. The van der Waals surface area contributed by atoms with Crippen LogP contribution in [0.25, 0.3) is 5.57 Å². The number of halogens is 2. The maximum absolute atomic E-state index is 14.5. The summed E-state index contributed by atoms with van der Waals surface area (Å²) in [6.45, 7) is 4.18. The van der Waals surface area contributed by atoms with Crippen molar-refractivity contribution in [3.8, 4) is 5.75 Å². The highest BCUT2D eigenvalue weighted by molar-refractivity contribution is 5.70. The van der Waals surface area contributed by atoms with Crippen LogP contribution in [-0.4, -0.2) is 7.11 Å². The molecule has 0 heterocycles. The van der Waals surface area contributed by atoms with Crippen molar-refractivity contribution in [2.24, 2.45) is 17.8 Å². The predicted octanol–water partition coefficient (Wildman–Crippen LogP) is 6.29. The van der Waals surface area contributed by atoms with Gasteiger partial charge in [0.15, 0.2) is 11.6 Å². The van der Waals surface area contributed by atoms with E-state index >= 15 is 0 Å². The number of hydrogen-bond acceptors (Lipinski definition) is 1. The van der Waals surface area contributed by atoms with Gasteiger partial charge in [-0.15, -0.1) is 0 Å². The highest BCUT2D eigenvalue weighted by atomic mass is 19.2.